The SMILES string of the molecule is CCOC(=O)C(=O)c1cc(C)cc(C)c1Br. The molecule has 0 heterocycles. The van der Waals surface area contributed by atoms with Gasteiger partial charge in [0, 0.05) is 10.0 Å². The minimum atomic E-state index is -0.812. The fourth-order valence-corrected chi connectivity index (χ4v) is 1.83. The molecule has 0 aromatic heterocycles. The Balaban J connectivity index is 3.13. The lowest BCUT2D eigenvalue weighted by Gasteiger charge is -2.07. The van der Waals surface area contributed by atoms with Crippen molar-refractivity contribution >= 4 is 27.7 Å². The quantitative estimate of drug-likeness (QED) is 0.487. The van der Waals surface area contributed by atoms with Crippen molar-refractivity contribution in [2.45, 2.75) is 20.8 Å². The van der Waals surface area contributed by atoms with Crippen LogP contribution in [0.25, 0.3) is 0 Å². The molecule has 0 fully saturated rings. The first-order valence-electron chi connectivity index (χ1n) is 4.95. The number of hydrogen-bond acceptors (Lipinski definition) is 3. The van der Waals surface area contributed by atoms with Crippen LogP contribution in [0.5, 0.6) is 0 Å². The highest BCUT2D eigenvalue weighted by atomic mass is 79.9. The lowest BCUT2D eigenvalue weighted by Crippen LogP contribution is -2.18. The zero-order valence-corrected chi connectivity index (χ0v) is 11.1. The van der Waals surface area contributed by atoms with Crippen molar-refractivity contribution in [3.05, 3.63) is 33.3 Å². The standard InChI is InChI=1S/C12H13BrO3/c1-4-16-12(15)11(14)9-6-7(2)5-8(3)10(9)13/h5-6H,4H2,1-3H3. The van der Waals surface area contributed by atoms with Crippen LogP contribution >= 0.6 is 15.9 Å². The monoisotopic (exact) mass is 284 g/mol. The molecule has 0 radical (unpaired) electrons. The molecule has 0 bridgehead atoms. The summed E-state index contributed by atoms with van der Waals surface area (Å²) in [6, 6.07) is 3.61. The number of hydrogen-bond donors (Lipinski definition) is 0. The molecule has 0 atom stereocenters. The second-order valence-corrected chi connectivity index (χ2v) is 4.29. The van der Waals surface area contributed by atoms with E-state index >= 15 is 0 Å². The predicted molar refractivity (Wildman–Crippen MR) is 64.6 cm³/mol. The number of carbonyl (C=O) groups excluding carboxylic acids is 2. The molecule has 0 amide bonds. The number of esters is 1. The number of halogens is 1. The molecule has 1 rings (SSSR count). The Morgan fingerprint density at radius 2 is 1.94 bits per heavy atom. The molecule has 0 saturated carbocycles. The van der Waals surface area contributed by atoms with Gasteiger partial charge in [-0.25, -0.2) is 4.79 Å². The molecule has 4 heteroatoms. The number of aryl methyl sites for hydroxylation is 2. The summed E-state index contributed by atoms with van der Waals surface area (Å²) < 4.78 is 5.33. The molecular formula is C12H13BrO3. The molecular weight excluding hydrogens is 272 g/mol. The van der Waals surface area contributed by atoms with Gasteiger partial charge in [0.1, 0.15) is 0 Å². The number of ether oxygens (including phenoxy) is 1. The van der Waals surface area contributed by atoms with E-state index in [0.717, 1.165) is 11.1 Å². The maximum Gasteiger partial charge on any atom is 0.379 e. The van der Waals surface area contributed by atoms with Gasteiger partial charge in [-0.1, -0.05) is 11.6 Å². The molecule has 3 nitrogen and oxygen atoms in total. The third kappa shape index (κ3) is 2.70. The molecule has 0 spiro atoms. The molecule has 0 aliphatic heterocycles. The second-order valence-electron chi connectivity index (χ2n) is 3.49. The molecule has 1 aromatic rings. The van der Waals surface area contributed by atoms with Crippen LogP contribution in [0.1, 0.15) is 28.4 Å². The first-order chi connectivity index (χ1) is 7.47. The summed E-state index contributed by atoms with van der Waals surface area (Å²) in [4.78, 5) is 23.1. The van der Waals surface area contributed by atoms with Crippen LogP contribution in [0.15, 0.2) is 16.6 Å². The lowest BCUT2D eigenvalue weighted by atomic mass is 10.0. The number of ketones is 1. The average molecular weight is 285 g/mol. The lowest BCUT2D eigenvalue weighted by molar-refractivity contribution is -0.137. The molecule has 0 unspecified atom stereocenters. The molecule has 0 aliphatic carbocycles. The molecule has 16 heavy (non-hydrogen) atoms. The van der Waals surface area contributed by atoms with Crippen molar-refractivity contribution in [1.29, 1.82) is 0 Å². The highest BCUT2D eigenvalue weighted by molar-refractivity contribution is 9.10. The minimum Gasteiger partial charge on any atom is -0.460 e. The van der Waals surface area contributed by atoms with E-state index in [1.165, 1.54) is 0 Å². The Morgan fingerprint density at radius 1 is 1.31 bits per heavy atom. The van der Waals surface area contributed by atoms with Gasteiger partial charge in [-0.3, -0.25) is 4.79 Å². The smallest absolute Gasteiger partial charge is 0.379 e. The fraction of sp³-hybridized carbons (Fsp3) is 0.333. The van der Waals surface area contributed by atoms with E-state index in [2.05, 4.69) is 20.7 Å². The van der Waals surface area contributed by atoms with Crippen LogP contribution in [0.4, 0.5) is 0 Å². The Morgan fingerprint density at radius 3 is 2.50 bits per heavy atom. The average Bonchev–Trinajstić information content (AvgIpc) is 2.22. The van der Waals surface area contributed by atoms with E-state index in [-0.39, 0.29) is 6.61 Å². The van der Waals surface area contributed by atoms with Gasteiger partial charge in [0.25, 0.3) is 5.78 Å². The van der Waals surface area contributed by atoms with Gasteiger partial charge < -0.3 is 4.74 Å². The van der Waals surface area contributed by atoms with Crippen LogP contribution in [0.3, 0.4) is 0 Å². The summed E-state index contributed by atoms with van der Waals surface area (Å²) in [7, 11) is 0. The summed E-state index contributed by atoms with van der Waals surface area (Å²) in [6.45, 7) is 5.62. The Labute approximate surface area is 103 Å². The van der Waals surface area contributed by atoms with Crippen molar-refractivity contribution in [2.75, 3.05) is 6.61 Å². The van der Waals surface area contributed by atoms with E-state index in [1.807, 2.05) is 19.9 Å². The predicted octanol–water partition coefficient (Wildman–Crippen LogP) is 2.81. The van der Waals surface area contributed by atoms with E-state index in [4.69, 9.17) is 0 Å². The van der Waals surface area contributed by atoms with E-state index in [1.54, 1.807) is 13.0 Å². The highest BCUT2D eigenvalue weighted by Gasteiger charge is 2.21. The number of carbonyl (C=O) groups is 2. The van der Waals surface area contributed by atoms with Gasteiger partial charge in [0.05, 0.1) is 6.61 Å². The summed E-state index contributed by atoms with van der Waals surface area (Å²) in [5, 5.41) is 0. The maximum absolute atomic E-state index is 11.8. The highest BCUT2D eigenvalue weighted by Crippen LogP contribution is 2.23. The van der Waals surface area contributed by atoms with Crippen molar-refractivity contribution < 1.29 is 14.3 Å². The van der Waals surface area contributed by atoms with Crippen LogP contribution in [-0.4, -0.2) is 18.4 Å². The summed E-state index contributed by atoms with van der Waals surface area (Å²) in [5.41, 5.74) is 2.22. The van der Waals surface area contributed by atoms with E-state index in [0.29, 0.717) is 10.0 Å². The number of Topliss-reactive ketones (excluding diaryl/α,β-unsaturated/α-hetero) is 1. The van der Waals surface area contributed by atoms with Crippen molar-refractivity contribution in [3.8, 4) is 0 Å². The Bertz CT molecular complexity index is 438. The number of rotatable bonds is 3. The third-order valence-electron chi connectivity index (χ3n) is 2.10. The van der Waals surface area contributed by atoms with Crippen molar-refractivity contribution in [2.24, 2.45) is 0 Å². The molecule has 86 valence electrons. The van der Waals surface area contributed by atoms with Crippen LogP contribution < -0.4 is 0 Å². The maximum atomic E-state index is 11.8. The zero-order chi connectivity index (χ0) is 12.3. The molecule has 0 saturated heterocycles. The summed E-state index contributed by atoms with van der Waals surface area (Å²) >= 11 is 3.31. The molecule has 0 aliphatic rings. The van der Waals surface area contributed by atoms with Gasteiger partial charge >= 0.3 is 5.97 Å². The Kier molecular flexibility index (Phi) is 4.24. The van der Waals surface area contributed by atoms with E-state index in [9.17, 15) is 9.59 Å². The molecule has 0 N–H and O–H groups in total. The van der Waals surface area contributed by atoms with Gasteiger partial charge in [-0.15, -0.1) is 0 Å². The van der Waals surface area contributed by atoms with E-state index < -0.39 is 11.8 Å². The first kappa shape index (κ1) is 12.9. The zero-order valence-electron chi connectivity index (χ0n) is 9.46. The van der Waals surface area contributed by atoms with Crippen LogP contribution in [0.2, 0.25) is 0 Å². The fourth-order valence-electron chi connectivity index (χ4n) is 1.42. The first-order valence-corrected chi connectivity index (χ1v) is 5.74. The number of benzene rings is 1. The van der Waals surface area contributed by atoms with Crippen molar-refractivity contribution in [1.82, 2.24) is 0 Å². The van der Waals surface area contributed by atoms with Gasteiger partial charge in [-0.2, -0.15) is 0 Å². The van der Waals surface area contributed by atoms with Crippen LogP contribution in [0, 0.1) is 13.8 Å². The normalized spacial score (nSPS) is 10.0. The molecule has 1 aromatic carbocycles. The summed E-state index contributed by atoms with van der Waals surface area (Å²) in [6.07, 6.45) is 0. The second kappa shape index (κ2) is 5.25. The largest absolute Gasteiger partial charge is 0.460 e. The van der Waals surface area contributed by atoms with Gasteiger partial charge in [0.15, 0.2) is 0 Å². The van der Waals surface area contributed by atoms with Crippen LogP contribution in [-0.2, 0) is 9.53 Å². The topological polar surface area (TPSA) is 43.4 Å². The minimum absolute atomic E-state index is 0.201. The Hall–Kier alpha value is -1.16. The summed E-state index contributed by atoms with van der Waals surface area (Å²) in [5.74, 6) is -1.42. The van der Waals surface area contributed by atoms with Gasteiger partial charge in [0.2, 0.25) is 0 Å². The third-order valence-corrected chi connectivity index (χ3v) is 3.16. The van der Waals surface area contributed by atoms with Gasteiger partial charge in [-0.05, 0) is 48.3 Å². The van der Waals surface area contributed by atoms with Crippen molar-refractivity contribution in [3.63, 3.8) is 0 Å².